The Bertz CT molecular complexity index is 896. The van der Waals surface area contributed by atoms with Gasteiger partial charge in [0.1, 0.15) is 0 Å². The molecule has 0 N–H and O–H groups in total. The molecule has 0 fully saturated rings. The lowest BCUT2D eigenvalue weighted by Gasteiger charge is -2.26. The van der Waals surface area contributed by atoms with Gasteiger partial charge in [0.05, 0.1) is 19.2 Å². The number of halogens is 1. The maximum atomic E-state index is 12.5. The largest absolute Gasteiger partial charge is 0.493 e. The van der Waals surface area contributed by atoms with Gasteiger partial charge < -0.3 is 19.1 Å². The minimum absolute atomic E-state index is 0.0270. The number of rotatable bonds is 9. The number of methoxy groups -OCH3 is 2. The minimum atomic E-state index is -0.627. The Hall–Kier alpha value is -2.99. The molecule has 0 spiro atoms. The van der Waals surface area contributed by atoms with Crippen LogP contribution >= 0.6 is 11.6 Å². The van der Waals surface area contributed by atoms with Crippen LogP contribution in [-0.4, -0.2) is 43.6 Å². The summed E-state index contributed by atoms with van der Waals surface area (Å²) in [7, 11) is 2.99. The maximum absolute atomic E-state index is 12.5. The molecule has 30 heavy (non-hydrogen) atoms. The topological polar surface area (TPSA) is 65.1 Å². The number of carbonyl (C=O) groups is 2. The summed E-state index contributed by atoms with van der Waals surface area (Å²) in [5.41, 5.74) is 1.64. The highest BCUT2D eigenvalue weighted by atomic mass is 35.5. The molecule has 0 saturated carbocycles. The monoisotopic (exact) mass is 431 g/mol. The normalized spacial score (nSPS) is 10.9. The van der Waals surface area contributed by atoms with Gasteiger partial charge in [-0.3, -0.25) is 4.79 Å². The number of nitrogens with zero attached hydrogens (tertiary/aromatic N) is 1. The molecule has 2 aromatic carbocycles. The van der Waals surface area contributed by atoms with Crippen LogP contribution in [-0.2, 0) is 20.9 Å². The Morgan fingerprint density at radius 2 is 1.80 bits per heavy atom. The highest BCUT2D eigenvalue weighted by molar-refractivity contribution is 6.32. The molecule has 0 unspecified atom stereocenters. The average molecular weight is 432 g/mol. The van der Waals surface area contributed by atoms with Gasteiger partial charge in [0, 0.05) is 18.7 Å². The van der Waals surface area contributed by atoms with E-state index < -0.39 is 5.97 Å². The van der Waals surface area contributed by atoms with Crippen LogP contribution in [0.2, 0.25) is 5.02 Å². The van der Waals surface area contributed by atoms with E-state index in [1.54, 1.807) is 17.0 Å². The van der Waals surface area contributed by atoms with E-state index in [9.17, 15) is 9.59 Å². The molecule has 1 amide bonds. The third kappa shape index (κ3) is 6.52. The summed E-state index contributed by atoms with van der Waals surface area (Å²) >= 11 is 6.16. The second-order valence-corrected chi connectivity index (χ2v) is 7.19. The first kappa shape index (κ1) is 23.3. The van der Waals surface area contributed by atoms with E-state index in [1.807, 2.05) is 44.2 Å². The first-order chi connectivity index (χ1) is 14.3. The maximum Gasteiger partial charge on any atom is 0.331 e. The van der Waals surface area contributed by atoms with Crippen molar-refractivity contribution in [3.05, 3.63) is 64.7 Å². The molecule has 0 aliphatic carbocycles. The first-order valence-electron chi connectivity index (χ1n) is 9.45. The summed E-state index contributed by atoms with van der Waals surface area (Å²) in [5, 5.41) is 0.355. The standard InChI is InChI=1S/C23H26ClNO5/c1-16(2)25(14-17-8-6-5-7-9-17)21(26)15-30-22(27)11-10-18-12-19(24)23(29-4)20(13-18)28-3/h5-13,16H,14-15H2,1-4H3/b11-10+. The second kappa shape index (κ2) is 11.3. The lowest BCUT2D eigenvalue weighted by Crippen LogP contribution is -2.39. The van der Waals surface area contributed by atoms with Gasteiger partial charge in [-0.2, -0.15) is 0 Å². The van der Waals surface area contributed by atoms with Crippen molar-refractivity contribution in [1.29, 1.82) is 0 Å². The second-order valence-electron chi connectivity index (χ2n) is 6.78. The summed E-state index contributed by atoms with van der Waals surface area (Å²) in [6.45, 7) is 3.96. The van der Waals surface area contributed by atoms with E-state index in [2.05, 4.69) is 0 Å². The van der Waals surface area contributed by atoms with Gasteiger partial charge >= 0.3 is 5.97 Å². The summed E-state index contributed by atoms with van der Waals surface area (Å²) in [4.78, 5) is 26.3. The molecule has 2 aromatic rings. The predicted octanol–water partition coefficient (Wildman–Crippen LogP) is 4.35. The molecule has 160 valence electrons. The fourth-order valence-electron chi connectivity index (χ4n) is 2.80. The minimum Gasteiger partial charge on any atom is -0.493 e. The van der Waals surface area contributed by atoms with Crippen molar-refractivity contribution in [3.63, 3.8) is 0 Å². The lowest BCUT2D eigenvalue weighted by atomic mass is 10.2. The Morgan fingerprint density at radius 1 is 1.10 bits per heavy atom. The van der Waals surface area contributed by atoms with Crippen molar-refractivity contribution < 1.29 is 23.8 Å². The molecule has 0 heterocycles. The van der Waals surface area contributed by atoms with Gasteiger partial charge in [-0.1, -0.05) is 41.9 Å². The zero-order valence-electron chi connectivity index (χ0n) is 17.6. The van der Waals surface area contributed by atoms with Crippen LogP contribution in [0.3, 0.4) is 0 Å². The predicted molar refractivity (Wildman–Crippen MR) is 117 cm³/mol. The Balaban J connectivity index is 1.97. The molecular weight excluding hydrogens is 406 g/mol. The van der Waals surface area contributed by atoms with E-state index in [4.69, 9.17) is 25.8 Å². The summed E-state index contributed by atoms with van der Waals surface area (Å²) in [6.07, 6.45) is 2.77. The highest BCUT2D eigenvalue weighted by Gasteiger charge is 2.18. The SMILES string of the molecule is COc1cc(/C=C/C(=O)OCC(=O)N(Cc2ccccc2)C(C)C)cc(Cl)c1OC. The van der Waals surface area contributed by atoms with Crippen LogP contribution in [0.1, 0.15) is 25.0 Å². The van der Waals surface area contributed by atoms with Crippen LogP contribution < -0.4 is 9.47 Å². The molecule has 0 aliphatic rings. The van der Waals surface area contributed by atoms with Crippen LogP contribution in [0.15, 0.2) is 48.5 Å². The van der Waals surface area contributed by atoms with E-state index >= 15 is 0 Å². The van der Waals surface area contributed by atoms with Crippen LogP contribution in [0, 0.1) is 0 Å². The number of amides is 1. The van der Waals surface area contributed by atoms with Gasteiger partial charge in [0.25, 0.3) is 5.91 Å². The molecule has 0 saturated heterocycles. The molecular formula is C23H26ClNO5. The lowest BCUT2D eigenvalue weighted by molar-refractivity contribution is -0.149. The van der Waals surface area contributed by atoms with Gasteiger partial charge in [-0.15, -0.1) is 0 Å². The van der Waals surface area contributed by atoms with Crippen molar-refractivity contribution in [2.75, 3.05) is 20.8 Å². The van der Waals surface area contributed by atoms with Gasteiger partial charge in [-0.25, -0.2) is 4.79 Å². The van der Waals surface area contributed by atoms with Crippen LogP contribution in [0.5, 0.6) is 11.5 Å². The van der Waals surface area contributed by atoms with E-state index in [0.29, 0.717) is 28.6 Å². The molecule has 2 rings (SSSR count). The van der Waals surface area contributed by atoms with Crippen molar-refractivity contribution in [2.24, 2.45) is 0 Å². The molecule has 0 aromatic heterocycles. The van der Waals surface area contributed by atoms with Crippen molar-refractivity contribution >= 4 is 29.6 Å². The van der Waals surface area contributed by atoms with Crippen molar-refractivity contribution in [1.82, 2.24) is 4.90 Å². The van der Waals surface area contributed by atoms with Gasteiger partial charge in [0.2, 0.25) is 0 Å². The van der Waals surface area contributed by atoms with Gasteiger partial charge in [-0.05, 0) is 43.2 Å². The zero-order valence-corrected chi connectivity index (χ0v) is 18.3. The van der Waals surface area contributed by atoms with Crippen molar-refractivity contribution in [3.8, 4) is 11.5 Å². The average Bonchev–Trinajstić information content (AvgIpc) is 2.74. The quantitative estimate of drug-likeness (QED) is 0.436. The number of ether oxygens (including phenoxy) is 3. The first-order valence-corrected chi connectivity index (χ1v) is 9.83. The summed E-state index contributed by atoms with van der Waals surface area (Å²) in [5.74, 6) is -0.0270. The number of carbonyl (C=O) groups excluding carboxylic acids is 2. The van der Waals surface area contributed by atoms with Crippen LogP contribution in [0.4, 0.5) is 0 Å². The highest BCUT2D eigenvalue weighted by Crippen LogP contribution is 2.36. The third-order valence-corrected chi connectivity index (χ3v) is 4.63. The molecule has 0 aliphatic heterocycles. The van der Waals surface area contributed by atoms with E-state index in [1.165, 1.54) is 26.4 Å². The number of hydrogen-bond acceptors (Lipinski definition) is 5. The smallest absolute Gasteiger partial charge is 0.331 e. The van der Waals surface area contributed by atoms with Gasteiger partial charge in [0.15, 0.2) is 18.1 Å². The fourth-order valence-corrected chi connectivity index (χ4v) is 3.10. The zero-order chi connectivity index (χ0) is 22.1. The molecule has 0 bridgehead atoms. The van der Waals surface area contributed by atoms with E-state index in [-0.39, 0.29) is 18.6 Å². The van der Waals surface area contributed by atoms with E-state index in [0.717, 1.165) is 5.56 Å². The molecule has 0 atom stereocenters. The summed E-state index contributed by atoms with van der Waals surface area (Å²) < 4.78 is 15.5. The number of esters is 1. The fraction of sp³-hybridized carbons (Fsp3) is 0.304. The molecule has 0 radical (unpaired) electrons. The Kier molecular flexibility index (Phi) is 8.74. The molecule has 6 nitrogen and oxygen atoms in total. The van der Waals surface area contributed by atoms with Crippen molar-refractivity contribution in [2.45, 2.75) is 26.4 Å². The number of hydrogen-bond donors (Lipinski definition) is 0. The Labute approximate surface area is 182 Å². The summed E-state index contributed by atoms with van der Waals surface area (Å²) in [6, 6.07) is 13.0. The third-order valence-electron chi connectivity index (χ3n) is 4.35. The Morgan fingerprint density at radius 3 is 2.40 bits per heavy atom. The number of benzene rings is 2. The molecule has 7 heteroatoms. The van der Waals surface area contributed by atoms with Crippen LogP contribution in [0.25, 0.3) is 6.08 Å².